The minimum absolute atomic E-state index is 0.415. The Balaban J connectivity index is 2.13. The van der Waals surface area contributed by atoms with Crippen molar-refractivity contribution in [1.82, 2.24) is 0 Å². The van der Waals surface area contributed by atoms with Crippen LogP contribution >= 0.6 is 0 Å². The van der Waals surface area contributed by atoms with E-state index in [1.165, 1.54) is 0 Å². The molecule has 0 aromatic heterocycles. The Kier molecular flexibility index (Phi) is 5.61. The molecule has 0 nitrogen and oxygen atoms in total. The Morgan fingerprint density at radius 1 is 0.351 bits per heavy atom. The second kappa shape index (κ2) is 8.46. The van der Waals surface area contributed by atoms with Crippen LogP contribution in [0.1, 0.15) is 0 Å². The van der Waals surface area contributed by atoms with Crippen molar-refractivity contribution in [2.24, 2.45) is 0 Å². The molecule has 0 amide bonds. The van der Waals surface area contributed by atoms with E-state index in [0.717, 1.165) is 12.1 Å². The van der Waals surface area contributed by atoms with Crippen LogP contribution in [0.5, 0.6) is 0 Å². The molecule has 0 unspecified atom stereocenters. The zero-order chi connectivity index (χ0) is 26.9. The predicted molar refractivity (Wildman–Crippen MR) is 112 cm³/mol. The summed E-state index contributed by atoms with van der Waals surface area (Å²) in [6, 6.07) is 3.97. The first-order valence-electron chi connectivity index (χ1n) is 10.1. The number of rotatable bonds is 2. The lowest BCUT2D eigenvalue weighted by Crippen LogP contribution is -2.06. The van der Waals surface area contributed by atoms with Gasteiger partial charge in [-0.2, -0.15) is 0 Å². The molecule has 0 aliphatic carbocycles. The van der Waals surface area contributed by atoms with Gasteiger partial charge in [0.15, 0.2) is 40.7 Å². The Bertz CT molecular complexity index is 1740. The largest absolute Gasteiger partial charge is 0.207 e. The standard InChI is InChI=1S/C26H7F11/c27-9-1-2-10-11(7-9)17(20-22(33)24(35)26(37)25(36)23(20)34)19-13(29)4-3-12(28)18(19)16(10)8-5-14(30)21(32)15(31)6-8/h1-7H. The quantitative estimate of drug-likeness (QED) is 0.0930. The summed E-state index contributed by atoms with van der Waals surface area (Å²) in [4.78, 5) is 0. The van der Waals surface area contributed by atoms with Crippen LogP contribution < -0.4 is 0 Å². The van der Waals surface area contributed by atoms with Crippen LogP contribution in [-0.4, -0.2) is 0 Å². The van der Waals surface area contributed by atoms with E-state index in [1.54, 1.807) is 0 Å². The summed E-state index contributed by atoms with van der Waals surface area (Å²) in [7, 11) is 0. The molecule has 0 saturated heterocycles. The number of halogens is 11. The Labute approximate surface area is 199 Å². The summed E-state index contributed by atoms with van der Waals surface area (Å²) in [6.45, 7) is 0. The van der Waals surface area contributed by atoms with Gasteiger partial charge in [0.2, 0.25) is 5.82 Å². The van der Waals surface area contributed by atoms with Crippen molar-refractivity contribution in [2.45, 2.75) is 0 Å². The first-order chi connectivity index (χ1) is 17.4. The summed E-state index contributed by atoms with van der Waals surface area (Å²) < 4.78 is 158. The van der Waals surface area contributed by atoms with Gasteiger partial charge in [-0.25, -0.2) is 48.3 Å². The van der Waals surface area contributed by atoms with Crippen LogP contribution in [0.25, 0.3) is 43.8 Å². The highest BCUT2D eigenvalue weighted by molar-refractivity contribution is 6.21. The monoisotopic (exact) mass is 528 g/mol. The highest BCUT2D eigenvalue weighted by Crippen LogP contribution is 2.47. The Morgan fingerprint density at radius 3 is 1.38 bits per heavy atom. The van der Waals surface area contributed by atoms with Gasteiger partial charge >= 0.3 is 0 Å². The maximum Gasteiger partial charge on any atom is 0.200 e. The molecule has 188 valence electrons. The number of hydrogen-bond donors (Lipinski definition) is 0. The molecular weight excluding hydrogens is 521 g/mol. The van der Waals surface area contributed by atoms with Crippen molar-refractivity contribution in [3.05, 3.63) is 106 Å². The number of fused-ring (bicyclic) bond motifs is 2. The molecule has 0 bridgehead atoms. The molecule has 0 N–H and O–H groups in total. The molecule has 0 atom stereocenters. The van der Waals surface area contributed by atoms with E-state index in [4.69, 9.17) is 0 Å². The minimum Gasteiger partial charge on any atom is -0.207 e. The van der Waals surface area contributed by atoms with Crippen LogP contribution in [0.15, 0.2) is 42.5 Å². The lowest BCUT2D eigenvalue weighted by Gasteiger charge is -2.20. The lowest BCUT2D eigenvalue weighted by atomic mass is 9.85. The third kappa shape index (κ3) is 3.52. The second-order valence-electron chi connectivity index (χ2n) is 7.92. The zero-order valence-electron chi connectivity index (χ0n) is 17.7. The molecule has 11 heteroatoms. The maximum atomic E-state index is 15.2. The van der Waals surface area contributed by atoms with Gasteiger partial charge in [0.25, 0.3) is 0 Å². The molecular formula is C26H7F11. The minimum atomic E-state index is -2.53. The van der Waals surface area contributed by atoms with E-state index in [2.05, 4.69) is 0 Å². The number of benzene rings is 5. The lowest BCUT2D eigenvalue weighted by molar-refractivity contribution is 0.381. The fourth-order valence-electron chi connectivity index (χ4n) is 4.34. The highest BCUT2D eigenvalue weighted by Gasteiger charge is 2.31. The topological polar surface area (TPSA) is 0 Å². The van der Waals surface area contributed by atoms with E-state index in [9.17, 15) is 39.5 Å². The van der Waals surface area contributed by atoms with Gasteiger partial charge in [0.05, 0.1) is 5.56 Å². The third-order valence-electron chi connectivity index (χ3n) is 5.86. The predicted octanol–water partition coefficient (Wildman–Crippen LogP) is 8.86. The van der Waals surface area contributed by atoms with Crippen molar-refractivity contribution < 1.29 is 48.3 Å². The summed E-state index contributed by atoms with van der Waals surface area (Å²) in [5.74, 6) is -21.5. The zero-order valence-corrected chi connectivity index (χ0v) is 17.7. The van der Waals surface area contributed by atoms with Crippen molar-refractivity contribution >= 4 is 21.5 Å². The maximum absolute atomic E-state index is 15.2. The Morgan fingerprint density at radius 2 is 0.838 bits per heavy atom. The van der Waals surface area contributed by atoms with Gasteiger partial charge in [0, 0.05) is 21.9 Å². The Hall–Kier alpha value is -4.15. The summed E-state index contributed by atoms with van der Waals surface area (Å²) in [5, 5.41) is -3.10. The molecule has 5 rings (SSSR count). The van der Waals surface area contributed by atoms with E-state index in [-0.39, 0.29) is 0 Å². The van der Waals surface area contributed by atoms with Crippen LogP contribution in [0, 0.1) is 64.0 Å². The molecule has 0 aliphatic rings. The van der Waals surface area contributed by atoms with Crippen molar-refractivity contribution in [1.29, 1.82) is 0 Å². The average molecular weight is 528 g/mol. The SMILES string of the molecule is Fc1ccc2c(-c3cc(F)c(F)c(F)c3)c3c(F)ccc(F)c3c(-c3c(F)c(F)c(F)c(F)c3F)c2c1. The molecule has 5 aromatic rings. The molecule has 0 aliphatic heterocycles. The van der Waals surface area contributed by atoms with Gasteiger partial charge in [0.1, 0.15) is 17.5 Å². The van der Waals surface area contributed by atoms with Crippen LogP contribution in [0.2, 0.25) is 0 Å². The second-order valence-corrected chi connectivity index (χ2v) is 7.92. The fraction of sp³-hybridized carbons (Fsp3) is 0. The van der Waals surface area contributed by atoms with Crippen molar-refractivity contribution in [2.75, 3.05) is 0 Å². The van der Waals surface area contributed by atoms with Crippen LogP contribution in [0.4, 0.5) is 48.3 Å². The van der Waals surface area contributed by atoms with E-state index in [0.29, 0.717) is 30.3 Å². The van der Waals surface area contributed by atoms with E-state index < -0.39 is 108 Å². The molecule has 5 aromatic carbocycles. The molecule has 0 radical (unpaired) electrons. The van der Waals surface area contributed by atoms with Crippen LogP contribution in [-0.2, 0) is 0 Å². The van der Waals surface area contributed by atoms with Gasteiger partial charge in [-0.05, 0) is 52.7 Å². The molecule has 0 heterocycles. The van der Waals surface area contributed by atoms with Gasteiger partial charge in [-0.3, -0.25) is 0 Å². The molecule has 37 heavy (non-hydrogen) atoms. The first kappa shape index (κ1) is 24.5. The molecule has 0 spiro atoms. The van der Waals surface area contributed by atoms with Crippen molar-refractivity contribution in [3.8, 4) is 22.3 Å². The summed E-state index contributed by atoms with van der Waals surface area (Å²) in [5.41, 5.74) is -3.95. The first-order valence-corrected chi connectivity index (χ1v) is 10.1. The molecule has 0 fully saturated rings. The highest BCUT2D eigenvalue weighted by atomic mass is 19.2. The molecule has 0 saturated carbocycles. The van der Waals surface area contributed by atoms with E-state index >= 15 is 8.78 Å². The smallest absolute Gasteiger partial charge is 0.200 e. The van der Waals surface area contributed by atoms with Crippen LogP contribution in [0.3, 0.4) is 0 Å². The van der Waals surface area contributed by atoms with Crippen molar-refractivity contribution in [3.63, 3.8) is 0 Å². The fourth-order valence-corrected chi connectivity index (χ4v) is 4.34. The third-order valence-corrected chi connectivity index (χ3v) is 5.86. The normalized spacial score (nSPS) is 11.6. The van der Waals surface area contributed by atoms with Gasteiger partial charge in [-0.1, -0.05) is 6.07 Å². The average Bonchev–Trinajstić information content (AvgIpc) is 2.86. The number of hydrogen-bond acceptors (Lipinski definition) is 0. The summed E-state index contributed by atoms with van der Waals surface area (Å²) >= 11 is 0. The van der Waals surface area contributed by atoms with Gasteiger partial charge < -0.3 is 0 Å². The van der Waals surface area contributed by atoms with E-state index in [1.807, 2.05) is 0 Å². The van der Waals surface area contributed by atoms with Gasteiger partial charge in [-0.15, -0.1) is 0 Å². The summed E-state index contributed by atoms with van der Waals surface area (Å²) in [6.07, 6.45) is 0.